The number of nitrogens with one attached hydrogen (secondary N) is 2. The van der Waals surface area contributed by atoms with E-state index < -0.39 is 11.0 Å². The first-order valence-electron chi connectivity index (χ1n) is 7.20. The van der Waals surface area contributed by atoms with Gasteiger partial charge in [0.2, 0.25) is 0 Å². The van der Waals surface area contributed by atoms with Crippen LogP contribution in [0.1, 0.15) is 12.5 Å². The third-order valence-corrected chi connectivity index (χ3v) is 3.41. The fourth-order valence-corrected chi connectivity index (χ4v) is 2.14. The van der Waals surface area contributed by atoms with Gasteiger partial charge in [-0.3, -0.25) is 10.1 Å². The Balaban J connectivity index is 1.91. The highest BCUT2D eigenvalue weighted by molar-refractivity contribution is 6.32. The quantitative estimate of drug-likeness (QED) is 0.609. The van der Waals surface area contributed by atoms with E-state index in [2.05, 4.69) is 10.6 Å². The summed E-state index contributed by atoms with van der Waals surface area (Å²) < 4.78 is 5.34. The smallest absolute Gasteiger partial charge is 0.319 e. The van der Waals surface area contributed by atoms with Crippen LogP contribution in [0.15, 0.2) is 42.5 Å². The summed E-state index contributed by atoms with van der Waals surface area (Å²) in [6.07, 6.45) is 0. The summed E-state index contributed by atoms with van der Waals surface area (Å²) in [7, 11) is 0. The normalized spacial score (nSPS) is 10.1. The molecule has 126 valence electrons. The molecule has 0 atom stereocenters. The number of carbonyl (C=O) groups excluding carboxylic acids is 1. The molecule has 24 heavy (non-hydrogen) atoms. The number of hydrogen-bond acceptors (Lipinski definition) is 4. The lowest BCUT2D eigenvalue weighted by Gasteiger charge is -2.09. The van der Waals surface area contributed by atoms with Crippen molar-refractivity contribution in [2.45, 2.75) is 13.5 Å². The van der Waals surface area contributed by atoms with E-state index in [4.69, 9.17) is 16.3 Å². The summed E-state index contributed by atoms with van der Waals surface area (Å²) in [5.74, 6) is 0.763. The van der Waals surface area contributed by atoms with Crippen LogP contribution < -0.4 is 15.4 Å². The molecule has 7 nitrogen and oxygen atoms in total. The number of halogens is 1. The van der Waals surface area contributed by atoms with Gasteiger partial charge in [-0.25, -0.2) is 4.79 Å². The van der Waals surface area contributed by atoms with Gasteiger partial charge in [-0.05, 0) is 36.8 Å². The van der Waals surface area contributed by atoms with Gasteiger partial charge in [0.25, 0.3) is 5.69 Å². The number of hydrogen-bond donors (Lipinski definition) is 2. The molecule has 0 aromatic heterocycles. The maximum Gasteiger partial charge on any atom is 0.319 e. The van der Waals surface area contributed by atoms with Crippen molar-refractivity contribution >= 4 is 29.0 Å². The molecule has 0 spiro atoms. The Labute approximate surface area is 143 Å². The Hall–Kier alpha value is -2.80. The zero-order chi connectivity index (χ0) is 17.5. The van der Waals surface area contributed by atoms with E-state index in [1.54, 1.807) is 0 Å². The molecule has 0 saturated heterocycles. The lowest BCUT2D eigenvalue weighted by molar-refractivity contribution is -0.384. The van der Waals surface area contributed by atoms with Crippen LogP contribution in [0.25, 0.3) is 0 Å². The summed E-state index contributed by atoms with van der Waals surface area (Å²) in [6, 6.07) is 10.9. The van der Waals surface area contributed by atoms with E-state index in [1.165, 1.54) is 18.2 Å². The molecule has 8 heteroatoms. The number of nitrogens with zero attached hydrogens (tertiary/aromatic N) is 1. The van der Waals surface area contributed by atoms with Crippen molar-refractivity contribution in [2.24, 2.45) is 0 Å². The van der Waals surface area contributed by atoms with Crippen molar-refractivity contribution in [3.63, 3.8) is 0 Å². The third-order valence-electron chi connectivity index (χ3n) is 3.09. The highest BCUT2D eigenvalue weighted by Gasteiger charge is 2.13. The zero-order valence-electron chi connectivity index (χ0n) is 12.9. The summed E-state index contributed by atoms with van der Waals surface area (Å²) in [5, 5.41) is 16.0. The Bertz CT molecular complexity index is 735. The van der Waals surface area contributed by atoms with E-state index in [9.17, 15) is 14.9 Å². The first-order valence-corrected chi connectivity index (χ1v) is 7.58. The fourth-order valence-electron chi connectivity index (χ4n) is 1.96. The molecule has 0 aliphatic rings. The zero-order valence-corrected chi connectivity index (χ0v) is 13.7. The molecule has 2 amide bonds. The van der Waals surface area contributed by atoms with Gasteiger partial charge in [0.05, 0.1) is 11.5 Å². The number of nitro groups is 1. The molecule has 0 radical (unpaired) electrons. The Morgan fingerprint density at radius 1 is 1.25 bits per heavy atom. The van der Waals surface area contributed by atoms with Crippen LogP contribution in [-0.2, 0) is 6.54 Å². The van der Waals surface area contributed by atoms with Gasteiger partial charge >= 0.3 is 6.03 Å². The number of anilines is 1. The third kappa shape index (κ3) is 4.85. The van der Waals surface area contributed by atoms with Gasteiger partial charge < -0.3 is 15.4 Å². The molecular formula is C16H16ClN3O4. The molecule has 0 aliphatic carbocycles. The second kappa shape index (κ2) is 8.16. The van der Waals surface area contributed by atoms with Crippen LogP contribution in [-0.4, -0.2) is 17.6 Å². The van der Waals surface area contributed by atoms with E-state index in [0.29, 0.717) is 13.2 Å². The van der Waals surface area contributed by atoms with Crippen molar-refractivity contribution in [2.75, 3.05) is 11.9 Å². The van der Waals surface area contributed by atoms with Crippen molar-refractivity contribution in [3.05, 3.63) is 63.2 Å². The van der Waals surface area contributed by atoms with Crippen LogP contribution in [0.3, 0.4) is 0 Å². The predicted molar refractivity (Wildman–Crippen MR) is 91.6 cm³/mol. The van der Waals surface area contributed by atoms with Crippen LogP contribution >= 0.6 is 11.6 Å². The highest BCUT2D eigenvalue weighted by Crippen LogP contribution is 2.27. The van der Waals surface area contributed by atoms with Crippen molar-refractivity contribution in [3.8, 4) is 5.75 Å². The van der Waals surface area contributed by atoms with Gasteiger partial charge in [0.1, 0.15) is 10.8 Å². The lowest BCUT2D eigenvalue weighted by Crippen LogP contribution is -2.28. The first-order chi connectivity index (χ1) is 11.5. The number of ether oxygens (including phenoxy) is 1. The minimum atomic E-state index is -0.606. The Morgan fingerprint density at radius 2 is 1.96 bits per heavy atom. The molecule has 0 bridgehead atoms. The maximum absolute atomic E-state index is 11.9. The summed E-state index contributed by atoms with van der Waals surface area (Å²) in [5.41, 5.74) is 0.923. The van der Waals surface area contributed by atoms with Crippen LogP contribution in [0, 0.1) is 10.1 Å². The summed E-state index contributed by atoms with van der Waals surface area (Å²) in [6.45, 7) is 2.81. The molecular weight excluding hydrogens is 334 g/mol. The van der Waals surface area contributed by atoms with Gasteiger partial charge in [-0.2, -0.15) is 0 Å². The summed E-state index contributed by atoms with van der Waals surface area (Å²) in [4.78, 5) is 22.1. The molecule has 2 rings (SSSR count). The molecule has 0 unspecified atom stereocenters. The minimum absolute atomic E-state index is 0.0142. The maximum atomic E-state index is 11.9. The molecule has 2 aromatic carbocycles. The predicted octanol–water partition coefficient (Wildman–Crippen LogP) is 3.97. The SMILES string of the molecule is CCOc1ccc(CNC(=O)Nc2ccc(Cl)c([N+](=O)[O-])c2)cc1. The molecule has 2 N–H and O–H groups in total. The minimum Gasteiger partial charge on any atom is -0.494 e. The second-order valence-electron chi connectivity index (χ2n) is 4.81. The number of carbonyl (C=O) groups is 1. The van der Waals surface area contributed by atoms with Crippen LogP contribution in [0.5, 0.6) is 5.75 Å². The fraction of sp³-hybridized carbons (Fsp3) is 0.188. The van der Waals surface area contributed by atoms with E-state index >= 15 is 0 Å². The lowest BCUT2D eigenvalue weighted by atomic mass is 10.2. The number of nitro benzene ring substituents is 1. The number of benzene rings is 2. The number of urea groups is 1. The van der Waals surface area contributed by atoms with Gasteiger partial charge in [0, 0.05) is 18.3 Å². The topological polar surface area (TPSA) is 93.5 Å². The monoisotopic (exact) mass is 349 g/mol. The average molecular weight is 350 g/mol. The molecule has 0 fully saturated rings. The Kier molecular flexibility index (Phi) is 5.97. The Morgan fingerprint density at radius 3 is 2.58 bits per heavy atom. The number of amides is 2. The largest absolute Gasteiger partial charge is 0.494 e. The van der Waals surface area contributed by atoms with Crippen molar-refractivity contribution in [1.29, 1.82) is 0 Å². The highest BCUT2D eigenvalue weighted by atomic mass is 35.5. The summed E-state index contributed by atoms with van der Waals surface area (Å²) >= 11 is 5.72. The first kappa shape index (κ1) is 17.6. The van der Waals surface area contributed by atoms with Crippen LogP contribution in [0.2, 0.25) is 5.02 Å². The standard InChI is InChI=1S/C16H16ClN3O4/c1-2-24-13-6-3-11(4-7-13)10-18-16(21)19-12-5-8-14(17)15(9-12)20(22)23/h3-9H,2,10H2,1H3,(H2,18,19,21). The van der Waals surface area contributed by atoms with Gasteiger partial charge in [0.15, 0.2) is 0 Å². The molecule has 2 aromatic rings. The van der Waals surface area contributed by atoms with E-state index in [1.807, 2.05) is 31.2 Å². The molecule has 0 aliphatic heterocycles. The molecule has 0 heterocycles. The van der Waals surface area contributed by atoms with Crippen LogP contribution in [0.4, 0.5) is 16.2 Å². The van der Waals surface area contributed by atoms with Crippen molar-refractivity contribution in [1.82, 2.24) is 5.32 Å². The van der Waals surface area contributed by atoms with E-state index in [0.717, 1.165) is 11.3 Å². The number of rotatable bonds is 6. The molecule has 0 saturated carbocycles. The van der Waals surface area contributed by atoms with Gasteiger partial charge in [-0.1, -0.05) is 23.7 Å². The van der Waals surface area contributed by atoms with E-state index in [-0.39, 0.29) is 16.4 Å². The van der Waals surface area contributed by atoms with Gasteiger partial charge in [-0.15, -0.1) is 0 Å². The average Bonchev–Trinajstić information content (AvgIpc) is 2.56. The second-order valence-corrected chi connectivity index (χ2v) is 5.22. The van der Waals surface area contributed by atoms with Crippen molar-refractivity contribution < 1.29 is 14.5 Å².